The van der Waals surface area contributed by atoms with Gasteiger partial charge in [-0.25, -0.2) is 0 Å². The van der Waals surface area contributed by atoms with E-state index in [1.165, 1.54) is 30.3 Å². The highest BCUT2D eigenvalue weighted by atomic mass is 16.2. The third-order valence-corrected chi connectivity index (χ3v) is 4.25. The second-order valence-corrected chi connectivity index (χ2v) is 6.31. The van der Waals surface area contributed by atoms with Crippen molar-refractivity contribution < 1.29 is 19.2 Å². The van der Waals surface area contributed by atoms with Crippen LogP contribution in [-0.4, -0.2) is 23.6 Å². The molecular formula is C22H18N4O4. The van der Waals surface area contributed by atoms with E-state index in [0.717, 1.165) is 0 Å². The number of anilines is 2. The average molecular weight is 402 g/mol. The number of carbonyl (C=O) groups excluding carboxylic acids is 4. The summed E-state index contributed by atoms with van der Waals surface area (Å²) in [5.74, 6) is -2.47. The van der Waals surface area contributed by atoms with Crippen molar-refractivity contribution in [3.05, 3.63) is 95.1 Å². The smallest absolute Gasteiger partial charge is 0.256 e. The molecule has 0 aliphatic rings. The number of rotatable bonds is 6. The topological polar surface area (TPSA) is 144 Å². The Morgan fingerprint density at radius 2 is 0.900 bits per heavy atom. The number of nitrogens with one attached hydrogen (secondary N) is 2. The van der Waals surface area contributed by atoms with E-state index in [1.54, 1.807) is 42.5 Å². The molecule has 0 aromatic heterocycles. The van der Waals surface area contributed by atoms with Crippen LogP contribution in [0.1, 0.15) is 41.4 Å². The molecule has 6 N–H and O–H groups in total. The van der Waals surface area contributed by atoms with Crippen LogP contribution in [0.4, 0.5) is 11.4 Å². The molecule has 4 amide bonds. The Morgan fingerprint density at radius 1 is 0.533 bits per heavy atom. The number of amides is 4. The maximum atomic E-state index is 12.6. The number of carbonyl (C=O) groups is 4. The molecule has 3 rings (SSSR count). The monoisotopic (exact) mass is 402 g/mol. The van der Waals surface area contributed by atoms with Gasteiger partial charge in [0.25, 0.3) is 11.8 Å². The van der Waals surface area contributed by atoms with E-state index in [1.807, 2.05) is 0 Å². The van der Waals surface area contributed by atoms with Crippen molar-refractivity contribution in [1.82, 2.24) is 0 Å². The normalized spacial score (nSPS) is 10.1. The maximum Gasteiger partial charge on any atom is 0.256 e. The van der Waals surface area contributed by atoms with Gasteiger partial charge in [-0.3, -0.25) is 19.2 Å². The van der Waals surface area contributed by atoms with Crippen molar-refractivity contribution in [2.24, 2.45) is 11.5 Å². The van der Waals surface area contributed by atoms with Crippen molar-refractivity contribution in [3.63, 3.8) is 0 Å². The highest BCUT2D eigenvalue weighted by Gasteiger charge is 2.16. The van der Waals surface area contributed by atoms with Crippen molar-refractivity contribution in [2.45, 2.75) is 0 Å². The third-order valence-electron chi connectivity index (χ3n) is 4.25. The SMILES string of the molecule is NC(=O)c1ccccc1C(=O)Nc1cccc(NC(=O)c2ccccc2C(N)=O)c1. The summed E-state index contributed by atoms with van der Waals surface area (Å²) < 4.78 is 0. The van der Waals surface area contributed by atoms with Crippen molar-refractivity contribution in [3.8, 4) is 0 Å². The van der Waals surface area contributed by atoms with Crippen LogP contribution < -0.4 is 22.1 Å². The Bertz CT molecular complexity index is 1070. The van der Waals surface area contributed by atoms with Crippen LogP contribution >= 0.6 is 0 Å². The lowest BCUT2D eigenvalue weighted by Gasteiger charge is -2.11. The predicted molar refractivity (Wildman–Crippen MR) is 112 cm³/mol. The highest BCUT2D eigenvalue weighted by molar-refractivity contribution is 6.13. The molecule has 0 radical (unpaired) electrons. The van der Waals surface area contributed by atoms with Gasteiger partial charge in [0.1, 0.15) is 0 Å². The van der Waals surface area contributed by atoms with Crippen molar-refractivity contribution in [2.75, 3.05) is 10.6 Å². The fourth-order valence-corrected chi connectivity index (χ4v) is 2.86. The fourth-order valence-electron chi connectivity index (χ4n) is 2.86. The maximum absolute atomic E-state index is 12.6. The quantitative estimate of drug-likeness (QED) is 0.502. The Kier molecular flexibility index (Phi) is 5.88. The summed E-state index contributed by atoms with van der Waals surface area (Å²) in [5.41, 5.74) is 11.9. The molecular weight excluding hydrogens is 384 g/mol. The molecule has 0 saturated heterocycles. The van der Waals surface area contributed by atoms with Crippen LogP contribution in [0.3, 0.4) is 0 Å². The second kappa shape index (κ2) is 8.70. The molecule has 3 aromatic rings. The molecule has 0 fully saturated rings. The first-order valence-corrected chi connectivity index (χ1v) is 8.87. The van der Waals surface area contributed by atoms with Gasteiger partial charge < -0.3 is 22.1 Å². The number of hydrogen-bond acceptors (Lipinski definition) is 4. The summed E-state index contributed by atoms with van der Waals surface area (Å²) in [7, 11) is 0. The molecule has 8 heteroatoms. The fraction of sp³-hybridized carbons (Fsp3) is 0. The van der Waals surface area contributed by atoms with Crippen LogP contribution in [0, 0.1) is 0 Å². The van der Waals surface area contributed by atoms with Gasteiger partial charge in [0.05, 0.1) is 22.3 Å². The van der Waals surface area contributed by atoms with Gasteiger partial charge in [-0.1, -0.05) is 30.3 Å². The molecule has 8 nitrogen and oxygen atoms in total. The minimum absolute atomic E-state index is 0.0996. The van der Waals surface area contributed by atoms with Crippen LogP contribution in [0.25, 0.3) is 0 Å². The summed E-state index contributed by atoms with van der Waals surface area (Å²) in [6, 6.07) is 18.8. The van der Waals surface area contributed by atoms with Crippen molar-refractivity contribution >= 4 is 35.0 Å². The van der Waals surface area contributed by atoms with E-state index >= 15 is 0 Å². The molecule has 150 valence electrons. The molecule has 30 heavy (non-hydrogen) atoms. The first kappa shape index (κ1) is 20.3. The van der Waals surface area contributed by atoms with Gasteiger partial charge in [0.15, 0.2) is 0 Å². The van der Waals surface area contributed by atoms with Gasteiger partial charge in [-0.05, 0) is 42.5 Å². The molecule has 0 bridgehead atoms. The van der Waals surface area contributed by atoms with Crippen molar-refractivity contribution in [1.29, 1.82) is 0 Å². The van der Waals surface area contributed by atoms with Gasteiger partial charge in [0, 0.05) is 11.4 Å². The van der Waals surface area contributed by atoms with Crippen LogP contribution in [0.15, 0.2) is 72.8 Å². The van der Waals surface area contributed by atoms with E-state index in [0.29, 0.717) is 11.4 Å². The molecule has 0 aliphatic heterocycles. The number of primary amides is 2. The Labute approximate surface area is 171 Å². The van der Waals surface area contributed by atoms with E-state index < -0.39 is 23.6 Å². The summed E-state index contributed by atoms with van der Waals surface area (Å²) in [6.07, 6.45) is 0. The molecule has 0 atom stereocenters. The third kappa shape index (κ3) is 4.50. The lowest BCUT2D eigenvalue weighted by atomic mass is 10.1. The summed E-state index contributed by atoms with van der Waals surface area (Å²) in [4.78, 5) is 48.2. The first-order valence-electron chi connectivity index (χ1n) is 8.87. The van der Waals surface area contributed by atoms with Crippen LogP contribution in [0.2, 0.25) is 0 Å². The number of nitrogens with two attached hydrogens (primary N) is 2. The van der Waals surface area contributed by atoms with E-state index in [9.17, 15) is 19.2 Å². The second-order valence-electron chi connectivity index (χ2n) is 6.31. The molecule has 0 saturated carbocycles. The largest absolute Gasteiger partial charge is 0.366 e. The average Bonchev–Trinajstić information content (AvgIpc) is 2.73. The van der Waals surface area contributed by atoms with Gasteiger partial charge >= 0.3 is 0 Å². The minimum atomic E-state index is -0.713. The first-order chi connectivity index (χ1) is 14.4. The zero-order valence-electron chi connectivity index (χ0n) is 15.7. The minimum Gasteiger partial charge on any atom is -0.366 e. The Hall–Kier alpha value is -4.46. The molecule has 0 spiro atoms. The Balaban J connectivity index is 1.79. The van der Waals surface area contributed by atoms with E-state index in [-0.39, 0.29) is 22.3 Å². The Morgan fingerprint density at radius 3 is 1.27 bits per heavy atom. The lowest BCUT2D eigenvalue weighted by Crippen LogP contribution is -2.21. The molecule has 0 aliphatic carbocycles. The lowest BCUT2D eigenvalue weighted by molar-refractivity contribution is 0.0976. The zero-order chi connectivity index (χ0) is 21.7. The highest BCUT2D eigenvalue weighted by Crippen LogP contribution is 2.19. The predicted octanol–water partition coefficient (Wildman–Crippen LogP) is 2.39. The number of benzene rings is 3. The zero-order valence-corrected chi connectivity index (χ0v) is 15.7. The standard InChI is InChI=1S/C22H18N4O4/c23-19(27)15-8-1-3-10-17(15)21(29)25-13-6-5-7-14(12-13)26-22(30)18-11-4-2-9-16(18)20(24)28/h1-12H,(H2,23,27)(H2,24,28)(H,25,29)(H,26,30). The van der Waals surface area contributed by atoms with Crippen LogP contribution in [0.5, 0.6) is 0 Å². The molecule has 0 unspecified atom stereocenters. The van der Waals surface area contributed by atoms with E-state index in [2.05, 4.69) is 10.6 Å². The summed E-state index contributed by atoms with van der Waals surface area (Å²) >= 11 is 0. The van der Waals surface area contributed by atoms with Gasteiger partial charge in [-0.15, -0.1) is 0 Å². The van der Waals surface area contributed by atoms with Gasteiger partial charge in [-0.2, -0.15) is 0 Å². The van der Waals surface area contributed by atoms with Crippen LogP contribution in [-0.2, 0) is 0 Å². The summed E-state index contributed by atoms with van der Waals surface area (Å²) in [6.45, 7) is 0. The number of hydrogen-bond donors (Lipinski definition) is 4. The summed E-state index contributed by atoms with van der Waals surface area (Å²) in [5, 5.41) is 5.33. The molecule has 0 heterocycles. The van der Waals surface area contributed by atoms with Gasteiger partial charge in [0.2, 0.25) is 11.8 Å². The molecule has 3 aromatic carbocycles. The van der Waals surface area contributed by atoms with E-state index in [4.69, 9.17) is 11.5 Å².